The standard InChI is InChI=1S/C19H20F3NO5/c1-9-14(24)6-4-11(16(9)26)13(8-23(3)18(28)19(20,21)22)12-5-7-15(25)10(2)17(12)27/h4-7,13,24-27H,8H2,1-3H3. The number of carbonyl (C=O) groups is 1. The van der Waals surface area contributed by atoms with E-state index in [-0.39, 0.29) is 45.3 Å². The lowest BCUT2D eigenvalue weighted by molar-refractivity contribution is -0.184. The van der Waals surface area contributed by atoms with Gasteiger partial charge in [0.15, 0.2) is 0 Å². The number of rotatable bonds is 4. The number of carbonyl (C=O) groups excluding carboxylic acids is 1. The average molecular weight is 399 g/mol. The summed E-state index contributed by atoms with van der Waals surface area (Å²) in [7, 11) is 0.956. The maximum absolute atomic E-state index is 12.8. The summed E-state index contributed by atoms with van der Waals surface area (Å²) in [5, 5.41) is 40.3. The van der Waals surface area contributed by atoms with Crippen LogP contribution in [0.4, 0.5) is 13.2 Å². The summed E-state index contributed by atoms with van der Waals surface area (Å²) in [4.78, 5) is 12.0. The molecule has 0 fully saturated rings. The molecule has 0 radical (unpaired) electrons. The van der Waals surface area contributed by atoms with Crippen LogP contribution in [0.5, 0.6) is 23.0 Å². The molecule has 6 nitrogen and oxygen atoms in total. The molecule has 152 valence electrons. The molecule has 28 heavy (non-hydrogen) atoms. The first-order valence-electron chi connectivity index (χ1n) is 8.21. The Morgan fingerprint density at radius 3 is 1.68 bits per heavy atom. The Morgan fingerprint density at radius 2 is 1.32 bits per heavy atom. The van der Waals surface area contributed by atoms with Crippen molar-refractivity contribution in [1.82, 2.24) is 4.90 Å². The Bertz CT molecular complexity index is 854. The summed E-state index contributed by atoms with van der Waals surface area (Å²) in [5.74, 6) is -4.32. The van der Waals surface area contributed by atoms with E-state index in [1.165, 1.54) is 38.1 Å². The number of alkyl halides is 3. The van der Waals surface area contributed by atoms with Crippen LogP contribution in [0.3, 0.4) is 0 Å². The second-order valence-corrected chi connectivity index (χ2v) is 6.53. The van der Waals surface area contributed by atoms with Gasteiger partial charge >= 0.3 is 12.1 Å². The maximum atomic E-state index is 12.8. The zero-order valence-electron chi connectivity index (χ0n) is 15.4. The van der Waals surface area contributed by atoms with E-state index in [0.717, 1.165) is 7.05 Å². The maximum Gasteiger partial charge on any atom is 0.471 e. The minimum atomic E-state index is -5.08. The van der Waals surface area contributed by atoms with Crippen molar-refractivity contribution in [3.05, 3.63) is 46.5 Å². The lowest BCUT2D eigenvalue weighted by Gasteiger charge is -2.27. The van der Waals surface area contributed by atoms with Gasteiger partial charge in [0.05, 0.1) is 0 Å². The molecule has 9 heteroatoms. The second-order valence-electron chi connectivity index (χ2n) is 6.53. The van der Waals surface area contributed by atoms with Crippen LogP contribution in [0.15, 0.2) is 24.3 Å². The summed E-state index contributed by atoms with van der Waals surface area (Å²) in [6.45, 7) is 2.31. The fourth-order valence-electron chi connectivity index (χ4n) is 2.92. The zero-order valence-corrected chi connectivity index (χ0v) is 15.4. The van der Waals surface area contributed by atoms with Crippen LogP contribution in [-0.4, -0.2) is 51.0 Å². The van der Waals surface area contributed by atoms with Gasteiger partial charge in [0.1, 0.15) is 23.0 Å². The highest BCUT2D eigenvalue weighted by Crippen LogP contribution is 2.42. The molecule has 0 bridgehead atoms. The first-order valence-corrected chi connectivity index (χ1v) is 8.21. The van der Waals surface area contributed by atoms with E-state index >= 15 is 0 Å². The van der Waals surface area contributed by atoms with Crippen LogP contribution in [0, 0.1) is 13.8 Å². The molecule has 0 aliphatic heterocycles. The first kappa shape index (κ1) is 21.2. The molecular weight excluding hydrogens is 379 g/mol. The van der Waals surface area contributed by atoms with Gasteiger partial charge in [0.2, 0.25) is 0 Å². The van der Waals surface area contributed by atoms with Crippen molar-refractivity contribution in [1.29, 1.82) is 0 Å². The molecule has 0 aliphatic carbocycles. The lowest BCUT2D eigenvalue weighted by atomic mass is 9.87. The first-order chi connectivity index (χ1) is 12.9. The lowest BCUT2D eigenvalue weighted by Crippen LogP contribution is -2.40. The van der Waals surface area contributed by atoms with E-state index in [2.05, 4.69) is 0 Å². The summed E-state index contributed by atoms with van der Waals surface area (Å²) in [5.41, 5.74) is 0.416. The van der Waals surface area contributed by atoms with E-state index < -0.39 is 24.5 Å². The van der Waals surface area contributed by atoms with Gasteiger partial charge in [0.25, 0.3) is 0 Å². The molecule has 1 amide bonds. The fraction of sp³-hybridized carbons (Fsp3) is 0.316. The normalized spacial score (nSPS) is 11.7. The van der Waals surface area contributed by atoms with Crippen LogP contribution in [0.25, 0.3) is 0 Å². The molecule has 0 saturated heterocycles. The van der Waals surface area contributed by atoms with Gasteiger partial charge in [-0.2, -0.15) is 13.2 Å². The molecule has 4 N–H and O–H groups in total. The minimum absolute atomic E-state index is 0.0993. The van der Waals surface area contributed by atoms with Crippen LogP contribution in [0.1, 0.15) is 28.2 Å². The van der Waals surface area contributed by atoms with Gasteiger partial charge in [-0.25, -0.2) is 0 Å². The topological polar surface area (TPSA) is 101 Å². The Kier molecular flexibility index (Phi) is 5.67. The summed E-state index contributed by atoms with van der Waals surface area (Å²) in [6.07, 6.45) is -5.08. The van der Waals surface area contributed by atoms with Crippen molar-refractivity contribution >= 4 is 5.91 Å². The zero-order chi connectivity index (χ0) is 21.4. The largest absolute Gasteiger partial charge is 0.508 e. The Hall–Kier alpha value is -3.10. The Labute approximate surface area is 159 Å². The quantitative estimate of drug-likeness (QED) is 0.632. The molecular formula is C19H20F3NO5. The SMILES string of the molecule is Cc1c(O)ccc(C(CN(C)C(=O)C(F)(F)F)c2ccc(O)c(C)c2O)c1O. The van der Waals surface area contributed by atoms with Crippen molar-refractivity contribution in [2.45, 2.75) is 25.9 Å². The Balaban J connectivity index is 2.62. The monoisotopic (exact) mass is 399 g/mol. The third-order valence-corrected chi connectivity index (χ3v) is 4.66. The predicted molar refractivity (Wildman–Crippen MR) is 94.6 cm³/mol. The van der Waals surface area contributed by atoms with Gasteiger partial charge < -0.3 is 25.3 Å². The number of phenols is 4. The summed E-state index contributed by atoms with van der Waals surface area (Å²) < 4.78 is 38.4. The number of amides is 1. The predicted octanol–water partition coefficient (Wildman–Crippen LogP) is 3.28. The third kappa shape index (κ3) is 3.92. The molecule has 0 heterocycles. The number of hydrogen-bond donors (Lipinski definition) is 4. The number of phenolic OH excluding ortho intramolecular Hbond substituents is 4. The molecule has 0 saturated carbocycles. The molecule has 0 spiro atoms. The number of nitrogens with zero attached hydrogens (tertiary/aromatic N) is 1. The molecule has 0 unspecified atom stereocenters. The van der Waals surface area contributed by atoms with Crippen LogP contribution >= 0.6 is 0 Å². The van der Waals surface area contributed by atoms with Gasteiger partial charge in [-0.1, -0.05) is 12.1 Å². The van der Waals surface area contributed by atoms with E-state index in [1.54, 1.807) is 0 Å². The molecule has 0 aromatic heterocycles. The Morgan fingerprint density at radius 1 is 0.929 bits per heavy atom. The van der Waals surface area contributed by atoms with Crippen LogP contribution < -0.4 is 0 Å². The van der Waals surface area contributed by atoms with E-state index in [0.29, 0.717) is 4.90 Å². The van der Waals surface area contributed by atoms with Crippen molar-refractivity contribution in [2.24, 2.45) is 0 Å². The van der Waals surface area contributed by atoms with E-state index in [9.17, 15) is 38.4 Å². The average Bonchev–Trinajstić information content (AvgIpc) is 2.62. The molecule has 0 atom stereocenters. The van der Waals surface area contributed by atoms with Gasteiger partial charge in [0, 0.05) is 41.8 Å². The molecule has 2 aromatic carbocycles. The number of benzene rings is 2. The number of halogens is 3. The minimum Gasteiger partial charge on any atom is -0.508 e. The van der Waals surface area contributed by atoms with E-state index in [1.807, 2.05) is 0 Å². The number of likely N-dealkylation sites (N-methyl/N-ethyl adjacent to an activating group) is 1. The van der Waals surface area contributed by atoms with Crippen molar-refractivity contribution in [3.63, 3.8) is 0 Å². The highest BCUT2D eigenvalue weighted by Gasteiger charge is 2.42. The second kappa shape index (κ2) is 7.49. The van der Waals surface area contributed by atoms with Crippen LogP contribution in [-0.2, 0) is 4.79 Å². The van der Waals surface area contributed by atoms with Crippen molar-refractivity contribution in [3.8, 4) is 23.0 Å². The number of aromatic hydroxyl groups is 4. The van der Waals surface area contributed by atoms with E-state index in [4.69, 9.17) is 0 Å². The molecule has 0 aliphatic rings. The molecule has 2 rings (SSSR count). The summed E-state index contributed by atoms with van der Waals surface area (Å²) in [6, 6.07) is 5.12. The highest BCUT2D eigenvalue weighted by molar-refractivity contribution is 5.81. The third-order valence-electron chi connectivity index (χ3n) is 4.66. The van der Waals surface area contributed by atoms with Gasteiger partial charge in [-0.05, 0) is 26.0 Å². The van der Waals surface area contributed by atoms with Gasteiger partial charge in [-0.15, -0.1) is 0 Å². The smallest absolute Gasteiger partial charge is 0.471 e. The fourth-order valence-corrected chi connectivity index (χ4v) is 2.92. The molecule has 2 aromatic rings. The van der Waals surface area contributed by atoms with Crippen molar-refractivity contribution < 1.29 is 38.4 Å². The number of hydrogen-bond acceptors (Lipinski definition) is 5. The highest BCUT2D eigenvalue weighted by atomic mass is 19.4. The van der Waals surface area contributed by atoms with Gasteiger partial charge in [-0.3, -0.25) is 4.79 Å². The van der Waals surface area contributed by atoms with Crippen molar-refractivity contribution in [2.75, 3.05) is 13.6 Å². The summed E-state index contributed by atoms with van der Waals surface area (Å²) >= 11 is 0. The van der Waals surface area contributed by atoms with Crippen LogP contribution in [0.2, 0.25) is 0 Å².